The first-order chi connectivity index (χ1) is 16.9. The molecule has 0 bridgehead atoms. The quantitative estimate of drug-likeness (QED) is 0.592. The predicted octanol–water partition coefficient (Wildman–Crippen LogP) is 1.97. The molecule has 2 aromatic rings. The van der Waals surface area contributed by atoms with E-state index in [0.29, 0.717) is 53.6 Å². The van der Waals surface area contributed by atoms with Crippen LogP contribution in [0.5, 0.6) is 0 Å². The van der Waals surface area contributed by atoms with Crippen LogP contribution in [-0.2, 0) is 4.79 Å². The Labute approximate surface area is 208 Å². The molecule has 0 saturated carbocycles. The van der Waals surface area contributed by atoms with Gasteiger partial charge in [-0.1, -0.05) is 17.7 Å². The topological polar surface area (TPSA) is 102 Å². The van der Waals surface area contributed by atoms with Crippen molar-refractivity contribution >= 4 is 29.1 Å². The van der Waals surface area contributed by atoms with Crippen molar-refractivity contribution in [3.8, 4) is 11.1 Å². The first-order valence-electron chi connectivity index (χ1n) is 12.0. The molecule has 3 heterocycles. The second-order valence-electron chi connectivity index (χ2n) is 9.31. The number of aliphatic hydroxyl groups is 1. The summed E-state index contributed by atoms with van der Waals surface area (Å²) < 4.78 is 14.5. The zero-order valence-electron chi connectivity index (χ0n) is 19.3. The lowest BCUT2D eigenvalue weighted by Gasteiger charge is -2.43. The van der Waals surface area contributed by atoms with E-state index in [1.165, 1.54) is 6.07 Å². The molecule has 5 rings (SSSR count). The summed E-state index contributed by atoms with van der Waals surface area (Å²) in [5.41, 5.74) is 7.40. The number of hydrogen-bond donors (Lipinski definition) is 3. The van der Waals surface area contributed by atoms with Crippen molar-refractivity contribution in [2.75, 3.05) is 44.6 Å². The van der Waals surface area contributed by atoms with Gasteiger partial charge in [-0.15, -0.1) is 0 Å². The first-order valence-corrected chi connectivity index (χ1v) is 12.3. The van der Waals surface area contributed by atoms with Crippen molar-refractivity contribution in [1.82, 2.24) is 14.7 Å². The Morgan fingerprint density at radius 3 is 2.77 bits per heavy atom. The molecule has 3 atom stereocenters. The number of likely N-dealkylation sites (tertiary alicyclic amines) is 1. The van der Waals surface area contributed by atoms with Crippen LogP contribution < -0.4 is 11.1 Å². The summed E-state index contributed by atoms with van der Waals surface area (Å²) >= 11 is 5.88. The molecule has 35 heavy (non-hydrogen) atoms. The van der Waals surface area contributed by atoms with Gasteiger partial charge in [0.1, 0.15) is 12.0 Å². The molecule has 2 saturated heterocycles. The SMILES string of the molecule is NCCN1CCC[C@H]1C(=O)N1CCN2C(=O)c3cc(-c4ccc(Cl)cc4F)ccc3NC(O)[C@H]2C1. The molecule has 2 fully saturated rings. The van der Waals surface area contributed by atoms with E-state index in [9.17, 15) is 19.1 Å². The van der Waals surface area contributed by atoms with Crippen LogP contribution in [0.1, 0.15) is 23.2 Å². The molecule has 3 aliphatic heterocycles. The number of nitrogens with zero attached hydrogens (tertiary/aromatic N) is 3. The third-order valence-corrected chi connectivity index (χ3v) is 7.45. The zero-order valence-corrected chi connectivity index (χ0v) is 20.0. The lowest BCUT2D eigenvalue weighted by atomic mass is 10.0. The number of piperazine rings is 1. The smallest absolute Gasteiger partial charge is 0.256 e. The van der Waals surface area contributed by atoms with Gasteiger partial charge in [-0.05, 0) is 55.3 Å². The van der Waals surface area contributed by atoms with Crippen LogP contribution in [-0.4, -0.2) is 89.2 Å². The number of halogens is 2. The fourth-order valence-electron chi connectivity index (χ4n) is 5.43. The number of rotatable bonds is 4. The van der Waals surface area contributed by atoms with Crippen molar-refractivity contribution in [1.29, 1.82) is 0 Å². The highest BCUT2D eigenvalue weighted by atomic mass is 35.5. The summed E-state index contributed by atoms with van der Waals surface area (Å²) in [4.78, 5) is 32.3. The minimum atomic E-state index is -1.06. The zero-order chi connectivity index (χ0) is 24.7. The number of aliphatic hydroxyl groups excluding tert-OH is 1. The summed E-state index contributed by atoms with van der Waals surface area (Å²) in [6.45, 7) is 2.95. The van der Waals surface area contributed by atoms with Gasteiger partial charge in [0.15, 0.2) is 0 Å². The first kappa shape index (κ1) is 24.0. The maximum atomic E-state index is 14.5. The monoisotopic (exact) mass is 501 g/mol. The van der Waals surface area contributed by atoms with E-state index in [1.54, 1.807) is 40.1 Å². The Kier molecular flexibility index (Phi) is 6.67. The highest BCUT2D eigenvalue weighted by Crippen LogP contribution is 2.33. The second-order valence-corrected chi connectivity index (χ2v) is 9.74. The number of amides is 2. The third kappa shape index (κ3) is 4.49. The number of carbonyl (C=O) groups excluding carboxylic acids is 2. The van der Waals surface area contributed by atoms with Crippen molar-refractivity contribution in [3.63, 3.8) is 0 Å². The van der Waals surface area contributed by atoms with E-state index in [2.05, 4.69) is 10.2 Å². The Morgan fingerprint density at radius 2 is 2.00 bits per heavy atom. The molecule has 2 aromatic carbocycles. The minimum Gasteiger partial charge on any atom is -0.372 e. The highest BCUT2D eigenvalue weighted by molar-refractivity contribution is 6.30. The van der Waals surface area contributed by atoms with Gasteiger partial charge < -0.3 is 26.0 Å². The van der Waals surface area contributed by atoms with Gasteiger partial charge in [-0.3, -0.25) is 14.5 Å². The van der Waals surface area contributed by atoms with E-state index in [0.717, 1.165) is 19.4 Å². The van der Waals surface area contributed by atoms with E-state index >= 15 is 0 Å². The Balaban J connectivity index is 1.38. The Morgan fingerprint density at radius 1 is 1.17 bits per heavy atom. The van der Waals surface area contributed by atoms with Crippen LogP contribution in [0, 0.1) is 5.82 Å². The van der Waals surface area contributed by atoms with Crippen LogP contribution in [0.25, 0.3) is 11.1 Å². The van der Waals surface area contributed by atoms with Crippen molar-refractivity contribution in [3.05, 3.63) is 52.8 Å². The largest absolute Gasteiger partial charge is 0.372 e. The Bertz CT molecular complexity index is 1150. The summed E-state index contributed by atoms with van der Waals surface area (Å²) in [5.74, 6) is -0.715. The van der Waals surface area contributed by atoms with E-state index in [1.807, 2.05) is 0 Å². The molecule has 0 radical (unpaired) electrons. The number of fused-ring (bicyclic) bond motifs is 2. The predicted molar refractivity (Wildman–Crippen MR) is 132 cm³/mol. The number of carbonyl (C=O) groups is 2. The van der Waals surface area contributed by atoms with Gasteiger partial charge in [0.05, 0.1) is 17.6 Å². The van der Waals surface area contributed by atoms with Gasteiger partial charge in [0.25, 0.3) is 5.91 Å². The van der Waals surface area contributed by atoms with Gasteiger partial charge >= 0.3 is 0 Å². The number of benzene rings is 2. The van der Waals surface area contributed by atoms with Gasteiger partial charge in [0, 0.05) is 49.0 Å². The van der Waals surface area contributed by atoms with Crippen LogP contribution in [0.4, 0.5) is 10.1 Å². The number of nitrogens with two attached hydrogens (primary N) is 1. The molecule has 0 aliphatic carbocycles. The molecule has 1 unspecified atom stereocenters. The normalized spacial score (nSPS) is 24.6. The molecule has 3 aliphatic rings. The molecular formula is C25H29ClFN5O3. The lowest BCUT2D eigenvalue weighted by molar-refractivity contribution is -0.139. The third-order valence-electron chi connectivity index (χ3n) is 7.22. The maximum Gasteiger partial charge on any atom is 0.256 e. The average Bonchev–Trinajstić information content (AvgIpc) is 3.28. The van der Waals surface area contributed by atoms with E-state index in [-0.39, 0.29) is 24.4 Å². The summed E-state index contributed by atoms with van der Waals surface area (Å²) in [7, 11) is 0. The second kappa shape index (κ2) is 9.73. The summed E-state index contributed by atoms with van der Waals surface area (Å²) in [6.07, 6.45) is 0.686. The van der Waals surface area contributed by atoms with Crippen molar-refractivity contribution < 1.29 is 19.1 Å². The molecule has 10 heteroatoms. The number of anilines is 1. The minimum absolute atomic E-state index is 0.0255. The maximum absolute atomic E-state index is 14.5. The molecule has 2 amide bonds. The summed E-state index contributed by atoms with van der Waals surface area (Å²) in [6, 6.07) is 8.60. The van der Waals surface area contributed by atoms with Crippen LogP contribution >= 0.6 is 11.6 Å². The van der Waals surface area contributed by atoms with Gasteiger partial charge in [-0.2, -0.15) is 0 Å². The van der Waals surface area contributed by atoms with E-state index < -0.39 is 18.1 Å². The molecule has 0 spiro atoms. The van der Waals surface area contributed by atoms with Gasteiger partial charge in [-0.25, -0.2) is 4.39 Å². The van der Waals surface area contributed by atoms with Crippen LogP contribution in [0.3, 0.4) is 0 Å². The standard InChI is InChI=1S/C25H29ClFN5O3/c26-16-4-5-17(19(27)13-16)15-3-6-20-18(12-15)24(34)32-11-10-31(14-22(32)23(33)29-20)25(35)21-2-1-8-30(21)9-7-28/h3-6,12-13,21-23,29,33H,1-2,7-11,14,28H2/t21-,22+,23?/m0/s1. The fraction of sp³-hybridized carbons (Fsp3) is 0.440. The lowest BCUT2D eigenvalue weighted by Crippen LogP contribution is -2.62. The van der Waals surface area contributed by atoms with Crippen LogP contribution in [0.15, 0.2) is 36.4 Å². The highest BCUT2D eigenvalue weighted by Gasteiger charge is 2.42. The molecular weight excluding hydrogens is 473 g/mol. The molecule has 4 N–H and O–H groups in total. The number of hydrogen-bond acceptors (Lipinski definition) is 6. The molecule has 0 aromatic heterocycles. The summed E-state index contributed by atoms with van der Waals surface area (Å²) in [5, 5.41) is 14.3. The van der Waals surface area contributed by atoms with Gasteiger partial charge in [0.2, 0.25) is 5.91 Å². The molecule has 8 nitrogen and oxygen atoms in total. The molecule has 186 valence electrons. The fourth-order valence-corrected chi connectivity index (χ4v) is 5.59. The Hall–Kier alpha value is -2.72. The van der Waals surface area contributed by atoms with E-state index in [4.69, 9.17) is 17.3 Å². The average molecular weight is 502 g/mol. The van der Waals surface area contributed by atoms with Crippen molar-refractivity contribution in [2.45, 2.75) is 31.2 Å². The van der Waals surface area contributed by atoms with Crippen molar-refractivity contribution in [2.24, 2.45) is 5.73 Å². The number of nitrogens with one attached hydrogen (secondary N) is 1. The van der Waals surface area contributed by atoms with Crippen LogP contribution in [0.2, 0.25) is 5.02 Å².